The van der Waals surface area contributed by atoms with Crippen molar-refractivity contribution in [2.75, 3.05) is 0 Å². The number of nitrogens with one attached hydrogen (secondary N) is 3. The highest BCUT2D eigenvalue weighted by molar-refractivity contribution is 7.89. The predicted octanol–water partition coefficient (Wildman–Crippen LogP) is -0.0350. The zero-order valence-corrected chi connectivity index (χ0v) is 10.9. The summed E-state index contributed by atoms with van der Waals surface area (Å²) in [4.78, 5) is 6.61. The van der Waals surface area contributed by atoms with Gasteiger partial charge in [0.1, 0.15) is 11.7 Å². The molecular weight excluding hydrogens is 242 g/mol. The Morgan fingerprint density at radius 3 is 2.65 bits per heavy atom. The molecule has 0 atom stereocenters. The standard InChI is InChI=1S/C9H17N5O2S/c1-4-6-12-5-7(13-6)17(15,16)14-9(2,3)8(10)11/h5,14H,4H2,1-3H3,(H3,10,11)(H,12,13). The number of sulfonamides is 1. The largest absolute Gasteiger partial charge is 0.386 e. The summed E-state index contributed by atoms with van der Waals surface area (Å²) in [7, 11) is -3.74. The first-order chi connectivity index (χ1) is 7.69. The van der Waals surface area contributed by atoms with Crippen LogP contribution < -0.4 is 10.5 Å². The molecule has 7 nitrogen and oxygen atoms in total. The Labute approximate surface area is 100 Å². The molecule has 0 unspecified atom stereocenters. The average Bonchev–Trinajstić information content (AvgIpc) is 2.64. The zero-order chi connectivity index (χ0) is 13.3. The van der Waals surface area contributed by atoms with Crippen LogP contribution in [0.1, 0.15) is 26.6 Å². The molecule has 8 heteroatoms. The van der Waals surface area contributed by atoms with Crippen molar-refractivity contribution in [1.82, 2.24) is 14.7 Å². The first kappa shape index (κ1) is 13.7. The van der Waals surface area contributed by atoms with E-state index in [0.29, 0.717) is 12.2 Å². The van der Waals surface area contributed by atoms with Gasteiger partial charge in [0.15, 0.2) is 5.03 Å². The van der Waals surface area contributed by atoms with Gasteiger partial charge < -0.3 is 10.7 Å². The summed E-state index contributed by atoms with van der Waals surface area (Å²) in [5.74, 6) is 0.335. The van der Waals surface area contributed by atoms with Crippen LogP contribution in [0.5, 0.6) is 0 Å². The summed E-state index contributed by atoms with van der Waals surface area (Å²) >= 11 is 0. The monoisotopic (exact) mass is 259 g/mol. The van der Waals surface area contributed by atoms with E-state index in [1.165, 1.54) is 20.0 Å². The number of H-pyrrole nitrogens is 1. The smallest absolute Gasteiger partial charge is 0.258 e. The third-order valence-electron chi connectivity index (χ3n) is 2.29. The number of imidazole rings is 1. The Balaban J connectivity index is 3.01. The van der Waals surface area contributed by atoms with Gasteiger partial charge in [0, 0.05) is 6.42 Å². The van der Waals surface area contributed by atoms with Crippen LogP contribution >= 0.6 is 0 Å². The maximum atomic E-state index is 11.9. The van der Waals surface area contributed by atoms with Crippen molar-refractivity contribution in [1.29, 1.82) is 5.41 Å². The van der Waals surface area contributed by atoms with Gasteiger partial charge in [-0.2, -0.15) is 4.72 Å². The van der Waals surface area contributed by atoms with E-state index in [4.69, 9.17) is 11.1 Å². The molecule has 1 heterocycles. The van der Waals surface area contributed by atoms with Crippen molar-refractivity contribution in [3.63, 3.8) is 0 Å². The Morgan fingerprint density at radius 1 is 1.65 bits per heavy atom. The predicted molar refractivity (Wildman–Crippen MR) is 64.3 cm³/mol. The summed E-state index contributed by atoms with van der Waals surface area (Å²) < 4.78 is 26.2. The number of nitrogens with two attached hydrogens (primary N) is 1. The normalized spacial score (nSPS) is 12.6. The lowest BCUT2D eigenvalue weighted by Crippen LogP contribution is -2.52. The molecule has 1 aromatic rings. The Kier molecular flexibility index (Phi) is 3.58. The highest BCUT2D eigenvalue weighted by Crippen LogP contribution is 2.11. The highest BCUT2D eigenvalue weighted by atomic mass is 32.2. The molecule has 96 valence electrons. The van der Waals surface area contributed by atoms with Gasteiger partial charge in [-0.15, -0.1) is 0 Å². The first-order valence-corrected chi connectivity index (χ1v) is 6.59. The second-order valence-corrected chi connectivity index (χ2v) is 5.84. The second-order valence-electron chi connectivity index (χ2n) is 4.19. The van der Waals surface area contributed by atoms with Gasteiger partial charge in [-0.1, -0.05) is 6.92 Å². The number of amidine groups is 1. The lowest BCUT2D eigenvalue weighted by atomic mass is 10.1. The highest BCUT2D eigenvalue weighted by Gasteiger charge is 2.29. The fourth-order valence-corrected chi connectivity index (χ4v) is 2.44. The number of hydrogen-bond acceptors (Lipinski definition) is 4. The fraction of sp³-hybridized carbons (Fsp3) is 0.556. The second kappa shape index (κ2) is 4.46. The van der Waals surface area contributed by atoms with Crippen molar-refractivity contribution >= 4 is 15.9 Å². The fourth-order valence-electron chi connectivity index (χ4n) is 1.11. The molecule has 0 aliphatic carbocycles. The molecule has 0 radical (unpaired) electrons. The summed E-state index contributed by atoms with van der Waals surface area (Å²) in [6, 6.07) is 0. The van der Waals surface area contributed by atoms with Gasteiger partial charge in [-0.05, 0) is 13.8 Å². The number of nitrogens with zero attached hydrogens (tertiary/aromatic N) is 1. The number of rotatable bonds is 5. The molecule has 0 amide bonds. The minimum Gasteiger partial charge on any atom is -0.386 e. The molecule has 0 aromatic carbocycles. The van der Waals surface area contributed by atoms with Crippen LogP contribution in [-0.2, 0) is 16.4 Å². The molecule has 1 aromatic heterocycles. The zero-order valence-electron chi connectivity index (χ0n) is 10.0. The molecule has 5 N–H and O–H groups in total. The van der Waals surface area contributed by atoms with E-state index in [1.54, 1.807) is 0 Å². The van der Waals surface area contributed by atoms with Crippen LogP contribution in [0.25, 0.3) is 0 Å². The van der Waals surface area contributed by atoms with Crippen LogP contribution in [0.3, 0.4) is 0 Å². The van der Waals surface area contributed by atoms with E-state index in [1.807, 2.05) is 6.92 Å². The van der Waals surface area contributed by atoms with Crippen molar-refractivity contribution in [2.24, 2.45) is 5.73 Å². The summed E-state index contributed by atoms with van der Waals surface area (Å²) in [6.45, 7) is 4.90. The van der Waals surface area contributed by atoms with Gasteiger partial charge in [-0.25, -0.2) is 13.4 Å². The minimum atomic E-state index is -3.74. The Morgan fingerprint density at radius 2 is 2.24 bits per heavy atom. The molecule has 0 saturated carbocycles. The minimum absolute atomic E-state index is 0.0244. The molecular formula is C9H17N5O2S. The molecule has 17 heavy (non-hydrogen) atoms. The van der Waals surface area contributed by atoms with E-state index in [9.17, 15) is 8.42 Å². The van der Waals surface area contributed by atoms with Crippen LogP contribution in [0.2, 0.25) is 0 Å². The van der Waals surface area contributed by atoms with E-state index >= 15 is 0 Å². The molecule has 1 rings (SSSR count). The number of aromatic nitrogens is 2. The van der Waals surface area contributed by atoms with Crippen LogP contribution in [0.4, 0.5) is 0 Å². The number of aryl methyl sites for hydroxylation is 1. The van der Waals surface area contributed by atoms with Gasteiger partial charge in [0.25, 0.3) is 10.0 Å². The third kappa shape index (κ3) is 3.04. The molecule has 0 aliphatic heterocycles. The Hall–Kier alpha value is -1.41. The third-order valence-corrected chi connectivity index (χ3v) is 3.86. The lowest BCUT2D eigenvalue weighted by Gasteiger charge is -2.23. The van der Waals surface area contributed by atoms with Gasteiger partial charge in [0.2, 0.25) is 0 Å². The van der Waals surface area contributed by atoms with Gasteiger partial charge in [-0.3, -0.25) is 5.41 Å². The maximum Gasteiger partial charge on any atom is 0.258 e. The van der Waals surface area contributed by atoms with Crippen molar-refractivity contribution in [3.8, 4) is 0 Å². The molecule has 0 aliphatic rings. The molecule has 0 bridgehead atoms. The average molecular weight is 259 g/mol. The molecule has 0 spiro atoms. The molecule has 0 saturated heterocycles. The van der Waals surface area contributed by atoms with Crippen LogP contribution in [0.15, 0.2) is 11.2 Å². The van der Waals surface area contributed by atoms with Crippen molar-refractivity contribution in [2.45, 2.75) is 37.8 Å². The Bertz CT molecular complexity index is 517. The summed E-state index contributed by atoms with van der Waals surface area (Å²) in [5, 5.41) is 7.28. The van der Waals surface area contributed by atoms with Gasteiger partial charge in [0.05, 0.1) is 11.7 Å². The quantitative estimate of drug-likeness (QED) is 0.437. The van der Waals surface area contributed by atoms with Crippen LogP contribution in [-0.4, -0.2) is 29.8 Å². The van der Waals surface area contributed by atoms with Gasteiger partial charge >= 0.3 is 0 Å². The summed E-state index contributed by atoms with van der Waals surface area (Å²) in [5.41, 5.74) is 4.19. The number of aromatic amines is 1. The van der Waals surface area contributed by atoms with E-state index in [0.717, 1.165) is 0 Å². The SMILES string of the molecule is CCc1ncc(S(=O)(=O)NC(C)(C)C(=N)N)[nH]1. The maximum absolute atomic E-state index is 11.9. The lowest BCUT2D eigenvalue weighted by molar-refractivity contribution is 0.539. The van der Waals surface area contributed by atoms with E-state index in [2.05, 4.69) is 14.7 Å². The molecule has 0 fully saturated rings. The van der Waals surface area contributed by atoms with Crippen molar-refractivity contribution in [3.05, 3.63) is 12.0 Å². The first-order valence-electron chi connectivity index (χ1n) is 5.11. The van der Waals surface area contributed by atoms with Crippen LogP contribution in [0, 0.1) is 5.41 Å². The van der Waals surface area contributed by atoms with E-state index in [-0.39, 0.29) is 10.9 Å². The summed E-state index contributed by atoms with van der Waals surface area (Å²) in [6.07, 6.45) is 1.86. The van der Waals surface area contributed by atoms with E-state index < -0.39 is 15.6 Å². The topological polar surface area (TPSA) is 125 Å². The number of hydrogen-bond donors (Lipinski definition) is 4. The van der Waals surface area contributed by atoms with Crippen molar-refractivity contribution < 1.29 is 8.42 Å².